The molecule has 0 aromatic heterocycles. The number of hydrogen-bond donors (Lipinski definition) is 1. The molecule has 19 heavy (non-hydrogen) atoms. The van der Waals surface area contributed by atoms with E-state index in [0.29, 0.717) is 5.92 Å². The molecule has 1 heterocycles. The van der Waals surface area contributed by atoms with Gasteiger partial charge in [-0.2, -0.15) is 4.99 Å². The first kappa shape index (κ1) is 13.5. The Labute approximate surface area is 120 Å². The predicted molar refractivity (Wildman–Crippen MR) is 80.3 cm³/mol. The fourth-order valence-electron chi connectivity index (χ4n) is 3.89. The van der Waals surface area contributed by atoms with Crippen LogP contribution in [0.15, 0.2) is 4.99 Å². The van der Waals surface area contributed by atoms with Crippen LogP contribution in [0, 0.1) is 17.8 Å². The monoisotopic (exact) mass is 280 g/mol. The summed E-state index contributed by atoms with van der Waals surface area (Å²) in [7, 11) is 0. The Kier molecular flexibility index (Phi) is 3.01. The Morgan fingerprint density at radius 3 is 2.58 bits per heavy atom. The smallest absolute Gasteiger partial charge is 0.264 e. The first-order valence-corrected chi connectivity index (χ1v) is 8.25. The molecule has 4 atom stereocenters. The molecular formula is C15H24N2OS. The second-order valence-electron chi connectivity index (χ2n) is 7.21. The summed E-state index contributed by atoms with van der Waals surface area (Å²) in [6.07, 6.45) is 5.33. The average Bonchev–Trinajstić information content (AvgIpc) is 2.93. The molecule has 2 aliphatic carbocycles. The van der Waals surface area contributed by atoms with Gasteiger partial charge in [0.15, 0.2) is 5.17 Å². The average molecular weight is 280 g/mol. The van der Waals surface area contributed by atoms with E-state index in [1.54, 1.807) is 11.8 Å². The van der Waals surface area contributed by atoms with E-state index in [0.717, 1.165) is 17.0 Å². The zero-order valence-electron chi connectivity index (χ0n) is 12.3. The van der Waals surface area contributed by atoms with E-state index >= 15 is 0 Å². The molecule has 3 rings (SSSR count). The summed E-state index contributed by atoms with van der Waals surface area (Å²) < 4.78 is -0.379. The van der Waals surface area contributed by atoms with Crippen molar-refractivity contribution in [2.45, 2.75) is 63.7 Å². The van der Waals surface area contributed by atoms with Gasteiger partial charge >= 0.3 is 0 Å². The number of nitrogens with zero attached hydrogens (tertiary/aromatic N) is 1. The predicted octanol–water partition coefficient (Wildman–Crippen LogP) is 3.20. The van der Waals surface area contributed by atoms with Crippen LogP contribution < -0.4 is 5.32 Å². The van der Waals surface area contributed by atoms with Gasteiger partial charge in [-0.25, -0.2) is 0 Å². The van der Waals surface area contributed by atoms with Crippen LogP contribution in [-0.2, 0) is 4.79 Å². The highest BCUT2D eigenvalue weighted by Crippen LogP contribution is 2.51. The lowest BCUT2D eigenvalue weighted by Crippen LogP contribution is -2.49. The van der Waals surface area contributed by atoms with Gasteiger partial charge in [0.1, 0.15) is 4.75 Å². The number of thioether (sulfide) groups is 1. The second kappa shape index (κ2) is 4.24. The molecule has 0 saturated heterocycles. The van der Waals surface area contributed by atoms with Gasteiger partial charge in [-0.3, -0.25) is 4.79 Å². The third kappa shape index (κ3) is 2.03. The Balaban J connectivity index is 1.72. The molecule has 1 unspecified atom stereocenters. The molecule has 1 N–H and O–H groups in total. The van der Waals surface area contributed by atoms with Crippen molar-refractivity contribution in [2.75, 3.05) is 0 Å². The largest absolute Gasteiger partial charge is 0.359 e. The Morgan fingerprint density at radius 2 is 2.11 bits per heavy atom. The highest BCUT2D eigenvalue weighted by Gasteiger charge is 2.50. The number of amidine groups is 1. The van der Waals surface area contributed by atoms with E-state index in [1.165, 1.54) is 25.7 Å². The summed E-state index contributed by atoms with van der Waals surface area (Å²) in [6, 6.07) is 0. The maximum atomic E-state index is 12.1. The molecule has 4 heteroatoms. The minimum Gasteiger partial charge on any atom is -0.359 e. The van der Waals surface area contributed by atoms with Gasteiger partial charge in [0.05, 0.1) is 0 Å². The van der Waals surface area contributed by atoms with Crippen molar-refractivity contribution in [3.05, 3.63) is 0 Å². The van der Waals surface area contributed by atoms with Gasteiger partial charge < -0.3 is 5.32 Å². The van der Waals surface area contributed by atoms with Gasteiger partial charge in [-0.05, 0) is 57.3 Å². The molecule has 0 radical (unpaired) electrons. The standard InChI is InChI=1S/C15H24N2OS/c1-9(2)15(4)12(18)16-13(19-15)17-14(3)8-10-5-6-11(14)7-10/h9-11H,5-8H2,1-4H3,(H,16,17,18)/t10-,11+,14+,15?/m0/s1. The second-order valence-corrected chi connectivity index (χ2v) is 8.65. The van der Waals surface area contributed by atoms with E-state index in [1.807, 2.05) is 6.92 Å². The molecule has 0 aromatic rings. The van der Waals surface area contributed by atoms with Crippen LogP contribution in [0.3, 0.4) is 0 Å². The van der Waals surface area contributed by atoms with E-state index < -0.39 is 0 Å². The normalized spacial score (nSPS) is 45.1. The molecule has 106 valence electrons. The summed E-state index contributed by atoms with van der Waals surface area (Å²) in [6.45, 7) is 8.53. The maximum Gasteiger partial charge on any atom is 0.264 e. The fraction of sp³-hybridized carbons (Fsp3) is 0.867. The molecule has 2 fully saturated rings. The van der Waals surface area contributed by atoms with Crippen LogP contribution in [0.2, 0.25) is 0 Å². The zero-order chi connectivity index (χ0) is 13.8. The molecule has 1 aliphatic heterocycles. The summed E-state index contributed by atoms with van der Waals surface area (Å²) in [5, 5.41) is 4.48. The van der Waals surface area contributed by atoms with Crippen molar-refractivity contribution < 1.29 is 4.79 Å². The molecule has 0 spiro atoms. The third-order valence-electron chi connectivity index (χ3n) is 5.59. The molecule has 2 bridgehead atoms. The highest BCUT2D eigenvalue weighted by molar-refractivity contribution is 8.16. The molecule has 3 aliphatic rings. The van der Waals surface area contributed by atoms with Crippen molar-refractivity contribution in [3.63, 3.8) is 0 Å². The minimum absolute atomic E-state index is 0.0294. The van der Waals surface area contributed by atoms with Crippen molar-refractivity contribution in [1.82, 2.24) is 5.32 Å². The quantitative estimate of drug-likeness (QED) is 0.844. The van der Waals surface area contributed by atoms with Crippen LogP contribution in [-0.4, -0.2) is 21.4 Å². The zero-order valence-corrected chi connectivity index (χ0v) is 13.1. The van der Waals surface area contributed by atoms with E-state index in [2.05, 4.69) is 31.1 Å². The molecule has 2 saturated carbocycles. The number of nitrogens with one attached hydrogen (secondary N) is 1. The van der Waals surface area contributed by atoms with Gasteiger partial charge in [0, 0.05) is 5.54 Å². The molecular weight excluding hydrogens is 256 g/mol. The summed E-state index contributed by atoms with van der Waals surface area (Å²) in [4.78, 5) is 16.4. The molecule has 0 aromatic carbocycles. The summed E-state index contributed by atoms with van der Waals surface area (Å²) in [5.74, 6) is 1.99. The van der Waals surface area contributed by atoms with E-state index in [-0.39, 0.29) is 16.2 Å². The summed E-state index contributed by atoms with van der Waals surface area (Å²) in [5.41, 5.74) is 0.164. The SMILES string of the molecule is CC(C)C1(C)SC(N[C@]2(C)C[C@H]3CC[C@@H]2C3)=NC1=O. The van der Waals surface area contributed by atoms with Gasteiger partial charge in [0.25, 0.3) is 5.91 Å². The van der Waals surface area contributed by atoms with E-state index in [9.17, 15) is 4.79 Å². The Bertz CT molecular complexity index is 447. The van der Waals surface area contributed by atoms with Crippen LogP contribution >= 0.6 is 11.8 Å². The molecule has 3 nitrogen and oxygen atoms in total. The lowest BCUT2D eigenvalue weighted by molar-refractivity contribution is -0.120. The van der Waals surface area contributed by atoms with Gasteiger partial charge in [-0.15, -0.1) is 0 Å². The van der Waals surface area contributed by atoms with Crippen LogP contribution in [0.1, 0.15) is 53.4 Å². The molecule has 1 amide bonds. The van der Waals surface area contributed by atoms with Crippen LogP contribution in [0.5, 0.6) is 0 Å². The van der Waals surface area contributed by atoms with Crippen molar-refractivity contribution in [3.8, 4) is 0 Å². The van der Waals surface area contributed by atoms with Crippen molar-refractivity contribution in [1.29, 1.82) is 0 Å². The number of carbonyl (C=O) groups is 1. The third-order valence-corrected chi connectivity index (χ3v) is 7.04. The van der Waals surface area contributed by atoms with Gasteiger partial charge in [-0.1, -0.05) is 25.6 Å². The number of fused-ring (bicyclic) bond motifs is 2. The minimum atomic E-state index is -0.379. The van der Waals surface area contributed by atoms with E-state index in [4.69, 9.17) is 0 Å². The lowest BCUT2D eigenvalue weighted by Gasteiger charge is -2.36. The first-order valence-electron chi connectivity index (χ1n) is 7.44. The topological polar surface area (TPSA) is 41.5 Å². The summed E-state index contributed by atoms with van der Waals surface area (Å²) >= 11 is 1.63. The highest BCUT2D eigenvalue weighted by atomic mass is 32.2. The van der Waals surface area contributed by atoms with Crippen LogP contribution in [0.25, 0.3) is 0 Å². The number of amides is 1. The van der Waals surface area contributed by atoms with Crippen molar-refractivity contribution >= 4 is 22.8 Å². The van der Waals surface area contributed by atoms with Crippen molar-refractivity contribution in [2.24, 2.45) is 22.7 Å². The maximum absolute atomic E-state index is 12.1. The van der Waals surface area contributed by atoms with Gasteiger partial charge in [0.2, 0.25) is 0 Å². The number of carbonyl (C=O) groups excluding carboxylic acids is 1. The number of rotatable bonds is 2. The number of hydrogen-bond acceptors (Lipinski definition) is 3. The Hall–Kier alpha value is -0.510. The number of aliphatic imine (C=N–C) groups is 1. The lowest BCUT2D eigenvalue weighted by atomic mass is 9.83. The Morgan fingerprint density at radius 1 is 1.37 bits per heavy atom. The van der Waals surface area contributed by atoms with Crippen LogP contribution in [0.4, 0.5) is 0 Å². The fourth-order valence-corrected chi connectivity index (χ4v) is 5.07. The first-order chi connectivity index (χ1) is 8.83.